The van der Waals surface area contributed by atoms with Crippen molar-refractivity contribution in [3.8, 4) is 5.69 Å². The monoisotopic (exact) mass is 401 g/mol. The van der Waals surface area contributed by atoms with Crippen molar-refractivity contribution in [2.45, 2.75) is 0 Å². The molecule has 0 saturated heterocycles. The average molecular weight is 403 g/mol. The summed E-state index contributed by atoms with van der Waals surface area (Å²) in [5, 5.41) is 2.60. The number of imide groups is 1. The van der Waals surface area contributed by atoms with Crippen LogP contribution in [0.4, 0.5) is 5.82 Å². The molecule has 0 fully saturated rings. The number of nitrogen functional groups attached to an aromatic ring is 1. The summed E-state index contributed by atoms with van der Waals surface area (Å²) in [6, 6.07) is 3.98. The van der Waals surface area contributed by atoms with Crippen LogP contribution in [-0.2, 0) is 0 Å². The zero-order chi connectivity index (χ0) is 16.2. The maximum absolute atomic E-state index is 12.3. The second-order valence-corrected chi connectivity index (χ2v) is 6.16. The van der Waals surface area contributed by atoms with Crippen molar-refractivity contribution in [2.75, 3.05) is 5.73 Å². The second-order valence-electron chi connectivity index (χ2n) is 4.49. The molecule has 2 aromatic rings. The van der Waals surface area contributed by atoms with Gasteiger partial charge in [0.1, 0.15) is 5.82 Å². The summed E-state index contributed by atoms with van der Waals surface area (Å²) in [6.45, 7) is 0. The minimum absolute atomic E-state index is 0.0527. The first-order valence-electron chi connectivity index (χ1n) is 5.87. The van der Waals surface area contributed by atoms with Gasteiger partial charge < -0.3 is 5.73 Å². The Balaban J connectivity index is 2.37. The summed E-state index contributed by atoms with van der Waals surface area (Å²) < 4.78 is 1.58. The molecule has 2 amide bonds. The van der Waals surface area contributed by atoms with Crippen LogP contribution < -0.4 is 16.6 Å². The molecule has 1 aromatic heterocycles. The van der Waals surface area contributed by atoms with E-state index in [-0.39, 0.29) is 27.7 Å². The summed E-state index contributed by atoms with van der Waals surface area (Å²) in [7, 11) is 0. The van der Waals surface area contributed by atoms with Crippen LogP contribution in [0.15, 0.2) is 27.5 Å². The molecule has 22 heavy (non-hydrogen) atoms. The topological polar surface area (TPSA) is 94.2 Å². The molecule has 0 atom stereocenters. The number of aromatic nitrogens is 1. The SMILES string of the molecule is Nc1c2c(cc(=O)n1-c1cc(Cl)c(Br)cc1Cl)C(=O)NC2=O. The quantitative estimate of drug-likeness (QED) is 0.565. The molecule has 112 valence electrons. The lowest BCUT2D eigenvalue weighted by molar-refractivity contribution is 0.0880. The number of pyridine rings is 1. The minimum atomic E-state index is -0.661. The Bertz CT molecular complexity index is 924. The van der Waals surface area contributed by atoms with Crippen molar-refractivity contribution in [3.63, 3.8) is 0 Å². The molecule has 1 aromatic carbocycles. The van der Waals surface area contributed by atoms with Gasteiger partial charge in [-0.15, -0.1) is 0 Å². The van der Waals surface area contributed by atoms with Crippen LogP contribution in [0.2, 0.25) is 10.0 Å². The highest BCUT2D eigenvalue weighted by molar-refractivity contribution is 9.10. The van der Waals surface area contributed by atoms with Gasteiger partial charge in [0, 0.05) is 10.5 Å². The number of hydrogen-bond acceptors (Lipinski definition) is 4. The number of carbonyl (C=O) groups excluding carboxylic acids is 2. The number of nitrogens with two attached hydrogens (primary N) is 1. The van der Waals surface area contributed by atoms with Gasteiger partial charge in [-0.05, 0) is 28.1 Å². The van der Waals surface area contributed by atoms with Gasteiger partial charge in [0.15, 0.2) is 0 Å². The van der Waals surface area contributed by atoms with Gasteiger partial charge in [0.2, 0.25) is 0 Å². The molecule has 0 saturated carbocycles. The predicted octanol–water partition coefficient (Wildman–Crippen LogP) is 2.37. The van der Waals surface area contributed by atoms with E-state index >= 15 is 0 Å². The maximum Gasteiger partial charge on any atom is 0.262 e. The van der Waals surface area contributed by atoms with Crippen LogP contribution in [0.25, 0.3) is 5.69 Å². The number of amides is 2. The summed E-state index contributed by atoms with van der Waals surface area (Å²) in [4.78, 5) is 35.7. The Hall–Kier alpha value is -1.83. The minimum Gasteiger partial charge on any atom is -0.384 e. The molecule has 1 aliphatic rings. The Kier molecular flexibility index (Phi) is 3.51. The van der Waals surface area contributed by atoms with Crippen LogP contribution >= 0.6 is 39.1 Å². The van der Waals surface area contributed by atoms with E-state index in [9.17, 15) is 14.4 Å². The molecule has 0 bridgehead atoms. The van der Waals surface area contributed by atoms with E-state index in [4.69, 9.17) is 28.9 Å². The zero-order valence-electron chi connectivity index (χ0n) is 10.6. The Morgan fingerprint density at radius 1 is 1.05 bits per heavy atom. The first-order valence-corrected chi connectivity index (χ1v) is 7.42. The van der Waals surface area contributed by atoms with E-state index in [1.165, 1.54) is 12.1 Å². The van der Waals surface area contributed by atoms with Gasteiger partial charge in [-0.1, -0.05) is 23.2 Å². The molecule has 0 spiro atoms. The third-order valence-electron chi connectivity index (χ3n) is 3.18. The molecule has 1 aliphatic heterocycles. The number of anilines is 1. The number of nitrogens with one attached hydrogen (secondary N) is 1. The van der Waals surface area contributed by atoms with Gasteiger partial charge in [-0.3, -0.25) is 24.3 Å². The van der Waals surface area contributed by atoms with Crippen LogP contribution in [0.5, 0.6) is 0 Å². The summed E-state index contributed by atoms with van der Waals surface area (Å²) in [6.07, 6.45) is 0. The molecule has 0 aliphatic carbocycles. The van der Waals surface area contributed by atoms with E-state index in [0.29, 0.717) is 9.50 Å². The summed E-state index contributed by atoms with van der Waals surface area (Å²) >= 11 is 15.4. The molecule has 3 rings (SSSR count). The van der Waals surface area contributed by atoms with E-state index in [0.717, 1.165) is 10.6 Å². The molecule has 0 unspecified atom stereocenters. The fourth-order valence-electron chi connectivity index (χ4n) is 2.21. The summed E-state index contributed by atoms with van der Waals surface area (Å²) in [5.74, 6) is -1.49. The highest BCUT2D eigenvalue weighted by atomic mass is 79.9. The van der Waals surface area contributed by atoms with Gasteiger partial charge in [-0.25, -0.2) is 0 Å². The number of hydrogen-bond donors (Lipinski definition) is 2. The lowest BCUT2D eigenvalue weighted by Crippen LogP contribution is -2.24. The first kappa shape index (κ1) is 15.1. The number of benzene rings is 1. The fourth-order valence-corrected chi connectivity index (χ4v) is 3.09. The molecular formula is C13H6BrCl2N3O3. The Labute approximate surface area is 141 Å². The van der Waals surface area contributed by atoms with Gasteiger partial charge in [0.25, 0.3) is 17.4 Å². The Morgan fingerprint density at radius 2 is 1.73 bits per heavy atom. The smallest absolute Gasteiger partial charge is 0.262 e. The Morgan fingerprint density at radius 3 is 2.41 bits per heavy atom. The number of carbonyl (C=O) groups is 2. The van der Waals surface area contributed by atoms with Gasteiger partial charge in [0.05, 0.1) is 26.9 Å². The number of nitrogens with zero attached hydrogens (tertiary/aromatic N) is 1. The standard InChI is InChI=1S/C13H6BrCl2N3O3/c14-5-2-7(16)8(3-6(5)15)19-9(20)1-4-10(11(19)17)13(22)18-12(4)21/h1-3H,17H2,(H,18,21,22). The average Bonchev–Trinajstić information content (AvgIpc) is 2.70. The number of rotatable bonds is 1. The maximum atomic E-state index is 12.3. The highest BCUT2D eigenvalue weighted by Crippen LogP contribution is 2.33. The van der Waals surface area contributed by atoms with Crippen LogP contribution in [0.1, 0.15) is 20.7 Å². The van der Waals surface area contributed by atoms with Crippen molar-refractivity contribution in [1.29, 1.82) is 0 Å². The molecule has 0 radical (unpaired) electrons. The van der Waals surface area contributed by atoms with E-state index in [2.05, 4.69) is 21.2 Å². The van der Waals surface area contributed by atoms with Crippen LogP contribution in [-0.4, -0.2) is 16.4 Å². The first-order chi connectivity index (χ1) is 10.3. The second kappa shape index (κ2) is 5.12. The summed E-state index contributed by atoms with van der Waals surface area (Å²) in [5.41, 5.74) is 5.42. The van der Waals surface area contributed by atoms with Crippen molar-refractivity contribution in [1.82, 2.24) is 9.88 Å². The lowest BCUT2D eigenvalue weighted by Gasteiger charge is -2.14. The molecule has 6 nitrogen and oxygen atoms in total. The van der Waals surface area contributed by atoms with Crippen molar-refractivity contribution in [3.05, 3.63) is 54.2 Å². The normalized spacial score (nSPS) is 13.2. The third kappa shape index (κ3) is 2.13. The number of fused-ring (bicyclic) bond motifs is 1. The van der Waals surface area contributed by atoms with E-state index in [1.54, 1.807) is 0 Å². The fraction of sp³-hybridized carbons (Fsp3) is 0. The van der Waals surface area contributed by atoms with Crippen LogP contribution in [0.3, 0.4) is 0 Å². The van der Waals surface area contributed by atoms with Gasteiger partial charge in [-0.2, -0.15) is 0 Å². The molecule has 3 N–H and O–H groups in total. The third-order valence-corrected chi connectivity index (χ3v) is 4.68. The molecule has 2 heterocycles. The largest absolute Gasteiger partial charge is 0.384 e. The highest BCUT2D eigenvalue weighted by Gasteiger charge is 2.32. The molecule has 9 heteroatoms. The van der Waals surface area contributed by atoms with Crippen molar-refractivity contribution >= 4 is 56.8 Å². The lowest BCUT2D eigenvalue weighted by atomic mass is 10.1. The number of halogens is 3. The van der Waals surface area contributed by atoms with E-state index in [1.807, 2.05) is 0 Å². The zero-order valence-corrected chi connectivity index (χ0v) is 13.7. The van der Waals surface area contributed by atoms with E-state index < -0.39 is 17.4 Å². The van der Waals surface area contributed by atoms with Crippen molar-refractivity contribution < 1.29 is 9.59 Å². The van der Waals surface area contributed by atoms with Crippen molar-refractivity contribution in [2.24, 2.45) is 0 Å². The van der Waals surface area contributed by atoms with Gasteiger partial charge >= 0.3 is 0 Å². The predicted molar refractivity (Wildman–Crippen MR) is 86.0 cm³/mol. The molecular weight excluding hydrogens is 397 g/mol. The van der Waals surface area contributed by atoms with Crippen LogP contribution in [0, 0.1) is 0 Å².